The van der Waals surface area contributed by atoms with Gasteiger partial charge in [0.15, 0.2) is 0 Å². The number of nitrogens with zero attached hydrogens (tertiary/aromatic N) is 2. The number of unbranched alkanes of at least 4 members (excludes halogenated alkanes) is 2. The maximum absolute atomic E-state index is 13.4. The average Bonchev–Trinajstić information content (AvgIpc) is 3.23. The summed E-state index contributed by atoms with van der Waals surface area (Å²) in [6.07, 6.45) is 9.63. The molecule has 2 heterocycles. The van der Waals surface area contributed by atoms with Crippen molar-refractivity contribution in [3.8, 4) is 11.5 Å². The number of ether oxygens (including phenoxy) is 5. The number of benzene rings is 2. The molecule has 304 valence electrons. The number of amides is 2. The molecule has 0 spiro atoms. The fraction of sp³-hybridized carbons (Fsp3) is 0.558. The van der Waals surface area contributed by atoms with Crippen LogP contribution in [0.5, 0.6) is 11.5 Å². The Labute approximate surface area is 329 Å². The van der Waals surface area contributed by atoms with Crippen molar-refractivity contribution >= 4 is 17.9 Å². The highest BCUT2D eigenvalue weighted by Gasteiger charge is 2.65. The molecule has 2 aliphatic carbocycles. The zero-order valence-corrected chi connectivity index (χ0v) is 32.6. The Kier molecular flexibility index (Phi) is 14.4. The first kappa shape index (κ1) is 41.2. The Bertz CT molecular complexity index is 1700. The van der Waals surface area contributed by atoms with Crippen molar-refractivity contribution in [2.45, 2.75) is 94.8 Å². The molecule has 2 aliphatic heterocycles. The van der Waals surface area contributed by atoms with Crippen molar-refractivity contribution in [2.24, 2.45) is 22.9 Å². The summed E-state index contributed by atoms with van der Waals surface area (Å²) in [5.41, 5.74) is 3.34. The summed E-state index contributed by atoms with van der Waals surface area (Å²) < 4.78 is 31.0. The van der Waals surface area contributed by atoms with Crippen molar-refractivity contribution in [2.75, 3.05) is 40.6 Å². The summed E-state index contributed by atoms with van der Waals surface area (Å²) in [5.74, 6) is -1.24. The van der Waals surface area contributed by atoms with Crippen LogP contribution in [0.3, 0.4) is 0 Å². The molecule has 1 unspecified atom stereocenters. The number of carbonyl (C=O) groups is 2. The van der Waals surface area contributed by atoms with Gasteiger partial charge in [0.2, 0.25) is 12.1 Å². The summed E-state index contributed by atoms with van der Waals surface area (Å²) in [5, 5.41) is 27.3. The normalized spacial score (nSPS) is 27.1. The summed E-state index contributed by atoms with van der Waals surface area (Å²) in [6.45, 7) is 5.15. The minimum atomic E-state index is -1.41. The van der Waals surface area contributed by atoms with E-state index >= 15 is 0 Å². The standard InChI is InChI=1S/C43H57N3O10/c1-4-23-53-43-37(46(2)42(50)51-3)27-35(45-56-38-18-10-13-24-52-38)33-25-30(16-8-11-21-47)32(17-9-12-22-48)39(40(33)43)34-26-31(19-20-36(34)55-43)54-41(49)44-28-29-14-6-5-7-15-29/h4-7,14-15,19-20,25-26,30,32,37-40,47-48H,1,8-13,16-18,21-24,27-28H2,2-3H3,(H,44,49)/t30-,32+,37-,38?,39+,40+,43+/m0/s1. The molecular weight excluding hydrogens is 718 g/mol. The second-order valence-corrected chi connectivity index (χ2v) is 15.0. The minimum absolute atomic E-state index is 0.0107. The first-order valence-electron chi connectivity index (χ1n) is 20.0. The number of hydrogen-bond donors (Lipinski definition) is 3. The van der Waals surface area contributed by atoms with Crippen molar-refractivity contribution in [3.63, 3.8) is 0 Å². The molecule has 2 aromatic carbocycles. The van der Waals surface area contributed by atoms with Crippen LogP contribution >= 0.6 is 0 Å². The van der Waals surface area contributed by atoms with E-state index in [0.29, 0.717) is 49.6 Å². The monoisotopic (exact) mass is 775 g/mol. The Morgan fingerprint density at radius 2 is 1.86 bits per heavy atom. The summed E-state index contributed by atoms with van der Waals surface area (Å²) >= 11 is 0. The van der Waals surface area contributed by atoms with Gasteiger partial charge in [-0.15, -0.1) is 6.58 Å². The molecular formula is C43H57N3O10. The van der Waals surface area contributed by atoms with Crippen molar-refractivity contribution < 1.29 is 48.3 Å². The van der Waals surface area contributed by atoms with Crippen LogP contribution in [-0.2, 0) is 25.6 Å². The quantitative estimate of drug-likeness (QED) is 0.0884. The molecule has 0 aromatic heterocycles. The molecule has 13 nitrogen and oxygen atoms in total. The Balaban J connectivity index is 1.49. The highest BCUT2D eigenvalue weighted by molar-refractivity contribution is 6.03. The number of hydrogen-bond acceptors (Lipinski definition) is 11. The number of oxime groups is 1. The zero-order chi connectivity index (χ0) is 39.5. The van der Waals surface area contributed by atoms with Gasteiger partial charge in [0.05, 0.1) is 32.0 Å². The van der Waals surface area contributed by atoms with E-state index in [-0.39, 0.29) is 44.0 Å². The Morgan fingerprint density at radius 3 is 2.57 bits per heavy atom. The summed E-state index contributed by atoms with van der Waals surface area (Å²) in [4.78, 5) is 34.2. The molecule has 2 aromatic rings. The van der Waals surface area contributed by atoms with Crippen LogP contribution in [0.25, 0.3) is 0 Å². The largest absolute Gasteiger partial charge is 0.459 e. The lowest BCUT2D eigenvalue weighted by Gasteiger charge is -2.59. The molecule has 2 amide bonds. The minimum Gasteiger partial charge on any atom is -0.459 e. The summed E-state index contributed by atoms with van der Waals surface area (Å²) in [7, 11) is 3.01. The predicted octanol–water partition coefficient (Wildman–Crippen LogP) is 6.83. The lowest BCUT2D eigenvalue weighted by atomic mass is 9.55. The highest BCUT2D eigenvalue weighted by atomic mass is 16.8. The third-order valence-corrected chi connectivity index (χ3v) is 11.5. The van der Waals surface area contributed by atoms with E-state index in [9.17, 15) is 19.8 Å². The second kappa shape index (κ2) is 19.6. The van der Waals surface area contributed by atoms with E-state index in [2.05, 4.69) is 18.0 Å². The Hall–Kier alpha value is -4.43. The van der Waals surface area contributed by atoms with Crippen LogP contribution in [0.2, 0.25) is 0 Å². The number of aliphatic hydroxyl groups excluding tert-OH is 2. The van der Waals surface area contributed by atoms with E-state index in [1.165, 1.54) is 12.0 Å². The molecule has 3 N–H and O–H groups in total. The van der Waals surface area contributed by atoms with Gasteiger partial charge < -0.3 is 49.0 Å². The molecule has 1 saturated carbocycles. The second-order valence-electron chi connectivity index (χ2n) is 15.0. The van der Waals surface area contributed by atoms with E-state index in [4.69, 9.17) is 33.7 Å². The van der Waals surface area contributed by atoms with Crippen molar-refractivity contribution in [3.05, 3.63) is 84.0 Å². The number of carbonyl (C=O) groups excluding carboxylic acids is 2. The fourth-order valence-electron chi connectivity index (χ4n) is 8.89. The number of methoxy groups -OCH3 is 1. The summed E-state index contributed by atoms with van der Waals surface area (Å²) in [6, 6.07) is 14.3. The number of aliphatic hydroxyl groups is 2. The van der Waals surface area contributed by atoms with E-state index in [0.717, 1.165) is 55.2 Å². The lowest BCUT2D eigenvalue weighted by Crippen LogP contribution is -2.69. The smallest absolute Gasteiger partial charge is 0.412 e. The van der Waals surface area contributed by atoms with E-state index in [1.54, 1.807) is 25.3 Å². The highest BCUT2D eigenvalue weighted by Crippen LogP contribution is 2.61. The molecule has 2 fully saturated rings. The predicted molar refractivity (Wildman–Crippen MR) is 209 cm³/mol. The SMILES string of the molecule is C=CCO[C@@]12Oc3ccc(OC(=O)NCc4ccccc4)cc3[C@H]3[C@H](CCCCO)[C@@H](CCCCO)C=C(C(=NOC4CCCCO4)C[C@@H]1N(C)C(=O)OC)[C@H]32. The maximum atomic E-state index is 13.4. The van der Waals surface area contributed by atoms with Crippen LogP contribution in [0.4, 0.5) is 9.59 Å². The molecule has 56 heavy (non-hydrogen) atoms. The molecule has 4 aliphatic rings. The molecule has 0 radical (unpaired) electrons. The van der Waals surface area contributed by atoms with Crippen LogP contribution in [-0.4, -0.2) is 91.7 Å². The molecule has 0 bridgehead atoms. The zero-order valence-electron chi connectivity index (χ0n) is 32.6. The number of rotatable bonds is 17. The van der Waals surface area contributed by atoms with Crippen LogP contribution < -0.4 is 14.8 Å². The van der Waals surface area contributed by atoms with Gasteiger partial charge in [0.25, 0.3) is 0 Å². The van der Waals surface area contributed by atoms with Crippen LogP contribution in [0, 0.1) is 17.8 Å². The van der Waals surface area contributed by atoms with Gasteiger partial charge in [-0.2, -0.15) is 0 Å². The lowest BCUT2D eigenvalue weighted by molar-refractivity contribution is -0.253. The van der Waals surface area contributed by atoms with Crippen LogP contribution in [0.1, 0.15) is 81.3 Å². The van der Waals surface area contributed by atoms with Crippen LogP contribution in [0.15, 0.2) is 78.0 Å². The van der Waals surface area contributed by atoms with E-state index < -0.39 is 36.2 Å². The molecule has 7 atom stereocenters. The molecule has 1 saturated heterocycles. The average molecular weight is 776 g/mol. The molecule has 6 rings (SSSR count). The Morgan fingerprint density at radius 1 is 1.07 bits per heavy atom. The third kappa shape index (κ3) is 9.23. The van der Waals surface area contributed by atoms with Gasteiger partial charge >= 0.3 is 12.2 Å². The van der Waals surface area contributed by atoms with E-state index in [1.807, 2.05) is 36.4 Å². The fourth-order valence-corrected chi connectivity index (χ4v) is 8.89. The van der Waals surface area contributed by atoms with Crippen molar-refractivity contribution in [1.82, 2.24) is 10.2 Å². The van der Waals surface area contributed by atoms with Gasteiger partial charge in [-0.05, 0) is 79.7 Å². The number of likely N-dealkylation sites (N-methyl/N-ethyl adjacent to an activating group) is 1. The molecule has 13 heteroatoms. The first-order valence-corrected chi connectivity index (χ1v) is 20.0. The van der Waals surface area contributed by atoms with Gasteiger partial charge in [-0.3, -0.25) is 0 Å². The van der Waals surface area contributed by atoms with Gasteiger partial charge in [-0.1, -0.05) is 60.5 Å². The van der Waals surface area contributed by atoms with Gasteiger partial charge in [0.1, 0.15) is 17.5 Å². The third-order valence-electron chi connectivity index (χ3n) is 11.5. The maximum Gasteiger partial charge on any atom is 0.412 e. The van der Waals surface area contributed by atoms with Gasteiger partial charge in [0, 0.05) is 51.1 Å². The first-order chi connectivity index (χ1) is 27.3. The van der Waals surface area contributed by atoms with Gasteiger partial charge in [-0.25, -0.2) is 9.59 Å². The topological polar surface area (TPSA) is 158 Å². The number of fused-ring (bicyclic) bond motifs is 2. The van der Waals surface area contributed by atoms with Crippen molar-refractivity contribution in [1.29, 1.82) is 0 Å². The number of allylic oxidation sites excluding steroid dienone is 1. The number of nitrogens with one attached hydrogen (secondary N) is 1.